The Morgan fingerprint density at radius 3 is 2.75 bits per heavy atom. The predicted molar refractivity (Wildman–Crippen MR) is 95.5 cm³/mol. The lowest BCUT2D eigenvalue weighted by molar-refractivity contribution is -0.124. The van der Waals surface area contributed by atoms with Crippen molar-refractivity contribution in [3.05, 3.63) is 48.5 Å². The van der Waals surface area contributed by atoms with Crippen molar-refractivity contribution in [1.29, 1.82) is 0 Å². The number of carbonyl (C=O) groups is 2. The first-order chi connectivity index (χ1) is 11.7. The van der Waals surface area contributed by atoms with Crippen molar-refractivity contribution in [2.24, 2.45) is 5.92 Å². The average Bonchev–Trinajstić information content (AvgIpc) is 2.75. The molecule has 0 spiro atoms. The van der Waals surface area contributed by atoms with Crippen molar-refractivity contribution in [2.75, 3.05) is 23.5 Å². The summed E-state index contributed by atoms with van der Waals surface area (Å²) < 4.78 is 5.09. The van der Waals surface area contributed by atoms with Gasteiger partial charge in [-0.25, -0.2) is 0 Å². The zero-order valence-corrected chi connectivity index (χ0v) is 14.1. The van der Waals surface area contributed by atoms with Gasteiger partial charge in [-0.1, -0.05) is 12.1 Å². The molecule has 0 fully saturated rings. The van der Waals surface area contributed by atoms with Crippen molar-refractivity contribution in [3.8, 4) is 5.75 Å². The first-order valence-corrected chi connectivity index (χ1v) is 8.61. The van der Waals surface area contributed by atoms with Gasteiger partial charge in [0.2, 0.25) is 11.8 Å². The lowest BCUT2D eigenvalue weighted by atomic mass is 10.1. The average molecular weight is 342 g/mol. The number of amides is 2. The van der Waals surface area contributed by atoms with Crippen LogP contribution in [-0.2, 0) is 9.59 Å². The van der Waals surface area contributed by atoms with Crippen molar-refractivity contribution in [2.45, 2.75) is 11.3 Å². The quantitative estimate of drug-likeness (QED) is 0.894. The minimum absolute atomic E-state index is 0.114. The fourth-order valence-corrected chi connectivity index (χ4v) is 3.56. The smallest absolute Gasteiger partial charge is 0.228 e. The highest BCUT2D eigenvalue weighted by atomic mass is 32.2. The summed E-state index contributed by atoms with van der Waals surface area (Å²) in [5, 5.41) is 5.72. The van der Waals surface area contributed by atoms with Crippen LogP contribution in [0.2, 0.25) is 0 Å². The number of hydrogen-bond donors (Lipinski definition) is 2. The highest BCUT2D eigenvalue weighted by Crippen LogP contribution is 2.33. The molecular weight excluding hydrogens is 324 g/mol. The summed E-state index contributed by atoms with van der Waals surface area (Å²) in [6, 6.07) is 14.8. The summed E-state index contributed by atoms with van der Waals surface area (Å²) in [5.41, 5.74) is 1.50. The van der Waals surface area contributed by atoms with E-state index in [1.165, 1.54) is 0 Å². The molecule has 2 N–H and O–H groups in total. The number of para-hydroxylation sites is 1. The van der Waals surface area contributed by atoms with E-state index in [1.807, 2.05) is 24.3 Å². The van der Waals surface area contributed by atoms with E-state index in [-0.39, 0.29) is 24.2 Å². The van der Waals surface area contributed by atoms with E-state index in [2.05, 4.69) is 10.6 Å². The second kappa shape index (κ2) is 7.40. The summed E-state index contributed by atoms with van der Waals surface area (Å²) in [6.45, 7) is 0. The van der Waals surface area contributed by atoms with Crippen LogP contribution in [0.4, 0.5) is 11.4 Å². The molecule has 0 saturated heterocycles. The molecule has 0 saturated carbocycles. The van der Waals surface area contributed by atoms with Gasteiger partial charge in [0.25, 0.3) is 0 Å². The molecule has 0 aromatic heterocycles. The van der Waals surface area contributed by atoms with Gasteiger partial charge in [0.05, 0.1) is 18.7 Å². The van der Waals surface area contributed by atoms with E-state index in [0.29, 0.717) is 11.4 Å². The number of thioether (sulfide) groups is 1. The summed E-state index contributed by atoms with van der Waals surface area (Å²) >= 11 is 1.59. The Bertz CT molecular complexity index is 746. The zero-order chi connectivity index (χ0) is 16.9. The van der Waals surface area contributed by atoms with E-state index < -0.39 is 0 Å². The molecule has 0 bridgehead atoms. The molecule has 1 aliphatic rings. The van der Waals surface area contributed by atoms with Gasteiger partial charge in [-0.15, -0.1) is 11.8 Å². The standard InChI is InChI=1S/C18H18N2O3S/c1-23-14-8-6-13(7-9-14)19-17(21)10-12-11-24-16-5-3-2-4-15(16)20-18(12)22/h2-9,12H,10-11H2,1H3,(H,19,21)(H,20,22)/t12-/m1/s1. The normalized spacial score (nSPS) is 16.5. The van der Waals surface area contributed by atoms with E-state index >= 15 is 0 Å². The van der Waals surface area contributed by atoms with E-state index in [9.17, 15) is 9.59 Å². The van der Waals surface area contributed by atoms with Crippen molar-refractivity contribution in [3.63, 3.8) is 0 Å². The fourth-order valence-electron chi connectivity index (χ4n) is 2.46. The molecule has 5 nitrogen and oxygen atoms in total. The molecule has 1 heterocycles. The van der Waals surface area contributed by atoms with Crippen LogP contribution in [-0.4, -0.2) is 24.7 Å². The number of methoxy groups -OCH3 is 1. The van der Waals surface area contributed by atoms with Crippen molar-refractivity contribution < 1.29 is 14.3 Å². The summed E-state index contributed by atoms with van der Waals surface area (Å²) in [4.78, 5) is 25.6. The summed E-state index contributed by atoms with van der Waals surface area (Å²) in [7, 11) is 1.59. The Kier molecular flexibility index (Phi) is 5.05. The molecule has 2 amide bonds. The highest BCUT2D eigenvalue weighted by molar-refractivity contribution is 7.99. The van der Waals surface area contributed by atoms with Crippen LogP contribution >= 0.6 is 11.8 Å². The molecule has 0 aliphatic carbocycles. The van der Waals surface area contributed by atoms with E-state index in [1.54, 1.807) is 43.1 Å². The van der Waals surface area contributed by atoms with Gasteiger partial charge in [-0.3, -0.25) is 9.59 Å². The maximum absolute atomic E-state index is 12.3. The number of rotatable bonds is 4. The second-order valence-corrected chi connectivity index (χ2v) is 6.54. The Labute approximate surface area is 144 Å². The van der Waals surface area contributed by atoms with Crippen molar-refractivity contribution in [1.82, 2.24) is 0 Å². The molecule has 124 valence electrons. The Morgan fingerprint density at radius 2 is 2.00 bits per heavy atom. The molecular formula is C18H18N2O3S. The van der Waals surface area contributed by atoms with Gasteiger partial charge >= 0.3 is 0 Å². The highest BCUT2D eigenvalue weighted by Gasteiger charge is 2.26. The molecule has 1 aliphatic heterocycles. The van der Waals surface area contributed by atoms with Crippen LogP contribution in [0.25, 0.3) is 0 Å². The molecule has 6 heteroatoms. The second-order valence-electron chi connectivity index (χ2n) is 5.47. The third-order valence-electron chi connectivity index (χ3n) is 3.76. The van der Waals surface area contributed by atoms with Gasteiger partial charge in [0.15, 0.2) is 0 Å². The maximum atomic E-state index is 12.3. The third-order valence-corrected chi connectivity index (χ3v) is 5.00. The largest absolute Gasteiger partial charge is 0.497 e. The fraction of sp³-hybridized carbons (Fsp3) is 0.222. The number of carbonyl (C=O) groups excluding carboxylic acids is 2. The monoisotopic (exact) mass is 342 g/mol. The first-order valence-electron chi connectivity index (χ1n) is 7.62. The van der Waals surface area contributed by atoms with Crippen LogP contribution in [0.3, 0.4) is 0 Å². The molecule has 24 heavy (non-hydrogen) atoms. The predicted octanol–water partition coefficient (Wildman–Crippen LogP) is 3.38. The van der Waals surface area contributed by atoms with Crippen LogP contribution < -0.4 is 15.4 Å². The maximum Gasteiger partial charge on any atom is 0.228 e. The van der Waals surface area contributed by atoms with Crippen LogP contribution in [0, 0.1) is 5.92 Å². The van der Waals surface area contributed by atoms with Gasteiger partial charge in [-0.05, 0) is 36.4 Å². The minimum atomic E-state index is -0.361. The Hall–Kier alpha value is -2.47. The topological polar surface area (TPSA) is 67.4 Å². The summed E-state index contributed by atoms with van der Waals surface area (Å²) in [6.07, 6.45) is 0.152. The van der Waals surface area contributed by atoms with Gasteiger partial charge in [-0.2, -0.15) is 0 Å². The lowest BCUT2D eigenvalue weighted by Gasteiger charge is -2.13. The lowest BCUT2D eigenvalue weighted by Crippen LogP contribution is -2.27. The van der Waals surface area contributed by atoms with E-state index in [4.69, 9.17) is 4.74 Å². The number of fused-ring (bicyclic) bond motifs is 1. The number of anilines is 2. The molecule has 3 rings (SSSR count). The number of ether oxygens (including phenoxy) is 1. The first kappa shape index (κ1) is 16.4. The van der Waals surface area contributed by atoms with Gasteiger partial charge < -0.3 is 15.4 Å². The molecule has 0 radical (unpaired) electrons. The third kappa shape index (κ3) is 3.89. The minimum Gasteiger partial charge on any atom is -0.497 e. The van der Waals surface area contributed by atoms with E-state index in [0.717, 1.165) is 16.3 Å². The molecule has 1 atom stereocenters. The van der Waals surface area contributed by atoms with Gasteiger partial charge in [0, 0.05) is 22.8 Å². The van der Waals surface area contributed by atoms with Crippen LogP contribution in [0.1, 0.15) is 6.42 Å². The number of hydrogen-bond acceptors (Lipinski definition) is 4. The molecule has 0 unspecified atom stereocenters. The van der Waals surface area contributed by atoms with Crippen LogP contribution in [0.15, 0.2) is 53.4 Å². The molecule has 2 aromatic rings. The van der Waals surface area contributed by atoms with Crippen LogP contribution in [0.5, 0.6) is 5.75 Å². The number of benzene rings is 2. The Balaban J connectivity index is 1.61. The number of nitrogens with one attached hydrogen (secondary N) is 2. The summed E-state index contributed by atoms with van der Waals surface area (Å²) in [5.74, 6) is 0.661. The molecule has 2 aromatic carbocycles. The Morgan fingerprint density at radius 1 is 1.25 bits per heavy atom. The SMILES string of the molecule is COc1ccc(NC(=O)C[C@@H]2CSc3ccccc3NC2=O)cc1. The zero-order valence-electron chi connectivity index (χ0n) is 13.2. The van der Waals surface area contributed by atoms with Gasteiger partial charge in [0.1, 0.15) is 5.75 Å². The van der Waals surface area contributed by atoms with Crippen molar-refractivity contribution >= 4 is 35.0 Å².